The maximum absolute atomic E-state index is 5.81. The Morgan fingerprint density at radius 2 is 2.32 bits per heavy atom. The summed E-state index contributed by atoms with van der Waals surface area (Å²) in [6.45, 7) is 5.87. The third-order valence-electron chi connectivity index (χ3n) is 3.29. The second kappa shape index (κ2) is 4.69. The predicted molar refractivity (Wildman–Crippen MR) is 79.4 cm³/mol. The Morgan fingerprint density at radius 3 is 3.05 bits per heavy atom. The molecule has 0 amide bonds. The zero-order valence-electron chi connectivity index (χ0n) is 10.9. The van der Waals surface area contributed by atoms with Gasteiger partial charge < -0.3 is 10.1 Å². The SMILES string of the molecule is CC1(C)COc2cc(NCc3cnc(Cl)s3)ccc21. The van der Waals surface area contributed by atoms with Crippen molar-refractivity contribution >= 4 is 28.6 Å². The summed E-state index contributed by atoms with van der Waals surface area (Å²) in [7, 11) is 0. The summed E-state index contributed by atoms with van der Waals surface area (Å²) < 4.78 is 6.32. The van der Waals surface area contributed by atoms with Gasteiger partial charge in [0.2, 0.25) is 0 Å². The van der Waals surface area contributed by atoms with Crippen molar-refractivity contribution in [2.24, 2.45) is 0 Å². The highest BCUT2D eigenvalue weighted by Gasteiger charge is 2.31. The quantitative estimate of drug-likeness (QED) is 0.926. The highest BCUT2D eigenvalue weighted by atomic mass is 35.5. The fourth-order valence-corrected chi connectivity index (χ4v) is 3.12. The first kappa shape index (κ1) is 12.8. The first-order chi connectivity index (χ1) is 9.04. The van der Waals surface area contributed by atoms with E-state index in [0.717, 1.165) is 29.5 Å². The van der Waals surface area contributed by atoms with Gasteiger partial charge in [0.15, 0.2) is 4.47 Å². The van der Waals surface area contributed by atoms with Crippen LogP contribution < -0.4 is 10.1 Å². The number of ether oxygens (including phenoxy) is 1. The number of halogens is 1. The number of benzene rings is 1. The first-order valence-electron chi connectivity index (χ1n) is 6.16. The molecule has 1 aromatic carbocycles. The van der Waals surface area contributed by atoms with Gasteiger partial charge in [-0.2, -0.15) is 0 Å². The van der Waals surface area contributed by atoms with Gasteiger partial charge in [0, 0.05) is 33.8 Å². The molecule has 5 heteroatoms. The number of rotatable bonds is 3. The molecular weight excluding hydrogens is 280 g/mol. The lowest BCUT2D eigenvalue weighted by molar-refractivity contribution is 0.291. The molecule has 3 nitrogen and oxygen atoms in total. The van der Waals surface area contributed by atoms with Gasteiger partial charge in [0.05, 0.1) is 13.2 Å². The van der Waals surface area contributed by atoms with E-state index in [4.69, 9.17) is 16.3 Å². The van der Waals surface area contributed by atoms with Crippen LogP contribution >= 0.6 is 22.9 Å². The number of fused-ring (bicyclic) bond motifs is 1. The van der Waals surface area contributed by atoms with Crippen molar-refractivity contribution in [3.8, 4) is 5.75 Å². The summed E-state index contributed by atoms with van der Waals surface area (Å²) in [5.41, 5.74) is 2.44. The molecule has 1 N–H and O–H groups in total. The molecule has 0 aliphatic carbocycles. The standard InChI is InChI=1S/C14H15ClN2OS/c1-14(2)8-18-12-5-9(3-4-11(12)14)16-6-10-7-17-13(15)19-10/h3-5,7,16H,6,8H2,1-2H3. The minimum absolute atomic E-state index is 0.110. The molecule has 0 unspecified atom stereocenters. The van der Waals surface area contributed by atoms with Crippen molar-refractivity contribution in [3.05, 3.63) is 39.3 Å². The summed E-state index contributed by atoms with van der Waals surface area (Å²) in [6.07, 6.45) is 1.80. The lowest BCUT2D eigenvalue weighted by Crippen LogP contribution is -2.18. The molecule has 0 bridgehead atoms. The molecule has 19 heavy (non-hydrogen) atoms. The van der Waals surface area contributed by atoms with E-state index in [9.17, 15) is 0 Å². The van der Waals surface area contributed by atoms with E-state index in [0.29, 0.717) is 4.47 Å². The summed E-state index contributed by atoms with van der Waals surface area (Å²) in [5, 5.41) is 3.36. The molecule has 100 valence electrons. The zero-order chi connectivity index (χ0) is 13.5. The van der Waals surface area contributed by atoms with Crippen LogP contribution in [0.3, 0.4) is 0 Å². The summed E-state index contributed by atoms with van der Waals surface area (Å²) in [6, 6.07) is 6.30. The van der Waals surface area contributed by atoms with E-state index in [-0.39, 0.29) is 5.41 Å². The van der Waals surface area contributed by atoms with Crippen LogP contribution in [-0.2, 0) is 12.0 Å². The van der Waals surface area contributed by atoms with Gasteiger partial charge in [0.1, 0.15) is 5.75 Å². The van der Waals surface area contributed by atoms with Crippen molar-refractivity contribution in [1.82, 2.24) is 4.98 Å². The van der Waals surface area contributed by atoms with Gasteiger partial charge >= 0.3 is 0 Å². The van der Waals surface area contributed by atoms with Gasteiger partial charge in [-0.1, -0.05) is 31.5 Å². The molecule has 0 saturated carbocycles. The number of nitrogens with one attached hydrogen (secondary N) is 1. The number of hydrogen-bond acceptors (Lipinski definition) is 4. The topological polar surface area (TPSA) is 34.1 Å². The smallest absolute Gasteiger partial charge is 0.183 e. The van der Waals surface area contributed by atoms with E-state index < -0.39 is 0 Å². The average molecular weight is 295 g/mol. The second-order valence-corrected chi connectivity index (χ2v) is 7.01. The Hall–Kier alpha value is -1.26. The second-order valence-electron chi connectivity index (χ2n) is 5.32. The maximum Gasteiger partial charge on any atom is 0.183 e. The van der Waals surface area contributed by atoms with Crippen LogP contribution in [0.15, 0.2) is 24.4 Å². The van der Waals surface area contributed by atoms with Gasteiger partial charge in [-0.15, -0.1) is 11.3 Å². The van der Waals surface area contributed by atoms with Crippen molar-refractivity contribution in [3.63, 3.8) is 0 Å². The molecule has 2 aromatic rings. The van der Waals surface area contributed by atoms with E-state index in [2.05, 4.69) is 42.3 Å². The predicted octanol–water partition coefficient (Wildman–Crippen LogP) is 4.08. The number of thiazole rings is 1. The molecule has 0 saturated heterocycles. The van der Waals surface area contributed by atoms with Gasteiger partial charge in [-0.05, 0) is 6.07 Å². The van der Waals surface area contributed by atoms with Crippen LogP contribution in [0.4, 0.5) is 5.69 Å². The Kier molecular flexibility index (Phi) is 3.15. The number of hydrogen-bond donors (Lipinski definition) is 1. The molecule has 0 atom stereocenters. The molecule has 1 aliphatic heterocycles. The third kappa shape index (κ3) is 2.55. The van der Waals surface area contributed by atoms with Gasteiger partial charge in [0.25, 0.3) is 0 Å². The van der Waals surface area contributed by atoms with E-state index in [1.54, 1.807) is 6.20 Å². The molecule has 1 aromatic heterocycles. The molecule has 0 fully saturated rings. The molecule has 0 radical (unpaired) electrons. The maximum atomic E-state index is 5.81. The van der Waals surface area contributed by atoms with Crippen LogP contribution in [0.2, 0.25) is 4.47 Å². The lowest BCUT2D eigenvalue weighted by atomic mass is 9.87. The normalized spacial score (nSPS) is 15.9. The fraction of sp³-hybridized carbons (Fsp3) is 0.357. The van der Waals surface area contributed by atoms with E-state index >= 15 is 0 Å². The average Bonchev–Trinajstić information content (AvgIpc) is 2.91. The fourth-order valence-electron chi connectivity index (χ4n) is 2.20. The lowest BCUT2D eigenvalue weighted by Gasteiger charge is -2.15. The number of aromatic nitrogens is 1. The first-order valence-corrected chi connectivity index (χ1v) is 7.35. The number of anilines is 1. The molecule has 2 heterocycles. The monoisotopic (exact) mass is 294 g/mol. The Bertz CT molecular complexity index is 609. The van der Waals surface area contributed by atoms with Crippen molar-refractivity contribution in [2.75, 3.05) is 11.9 Å². The van der Waals surface area contributed by atoms with Crippen LogP contribution in [0.5, 0.6) is 5.75 Å². The molecular formula is C14H15ClN2OS. The molecule has 1 aliphatic rings. The summed E-state index contributed by atoms with van der Waals surface area (Å²) in [4.78, 5) is 5.14. The van der Waals surface area contributed by atoms with Crippen LogP contribution in [0.1, 0.15) is 24.3 Å². The van der Waals surface area contributed by atoms with Crippen molar-refractivity contribution in [1.29, 1.82) is 0 Å². The van der Waals surface area contributed by atoms with Crippen molar-refractivity contribution in [2.45, 2.75) is 25.8 Å². The van der Waals surface area contributed by atoms with Crippen LogP contribution in [0.25, 0.3) is 0 Å². The minimum atomic E-state index is 0.110. The molecule has 0 spiro atoms. The number of nitrogens with zero attached hydrogens (tertiary/aromatic N) is 1. The zero-order valence-corrected chi connectivity index (χ0v) is 12.4. The van der Waals surface area contributed by atoms with E-state index in [1.165, 1.54) is 16.9 Å². The third-order valence-corrected chi connectivity index (χ3v) is 4.41. The Morgan fingerprint density at radius 1 is 1.47 bits per heavy atom. The van der Waals surface area contributed by atoms with Gasteiger partial charge in [-0.3, -0.25) is 0 Å². The summed E-state index contributed by atoms with van der Waals surface area (Å²) in [5.74, 6) is 0.984. The largest absolute Gasteiger partial charge is 0.492 e. The highest BCUT2D eigenvalue weighted by Crippen LogP contribution is 2.39. The Balaban J connectivity index is 1.73. The minimum Gasteiger partial charge on any atom is -0.492 e. The van der Waals surface area contributed by atoms with Crippen LogP contribution in [-0.4, -0.2) is 11.6 Å². The van der Waals surface area contributed by atoms with E-state index in [1.807, 2.05) is 0 Å². The van der Waals surface area contributed by atoms with Crippen molar-refractivity contribution < 1.29 is 4.74 Å². The van der Waals surface area contributed by atoms with Crippen LogP contribution in [0, 0.1) is 0 Å². The Labute approximate surface area is 121 Å². The van der Waals surface area contributed by atoms with Gasteiger partial charge in [-0.25, -0.2) is 4.98 Å². The molecule has 3 rings (SSSR count). The highest BCUT2D eigenvalue weighted by molar-refractivity contribution is 7.15. The summed E-state index contributed by atoms with van der Waals surface area (Å²) >= 11 is 7.30.